The Balaban J connectivity index is 1.11. The summed E-state index contributed by atoms with van der Waals surface area (Å²) in [6, 6.07) is 12.9. The average Bonchev–Trinajstić information content (AvgIpc) is 3.10. The highest BCUT2D eigenvalue weighted by molar-refractivity contribution is 5.90. The van der Waals surface area contributed by atoms with Crippen LogP contribution in [0.15, 0.2) is 42.5 Å². The Kier molecular flexibility index (Phi) is 4.48. The lowest BCUT2D eigenvalue weighted by Crippen LogP contribution is -2.60. The minimum Gasteiger partial charge on any atom is -0.367 e. The SMILES string of the molecule is O=C(Nc1ccc2c(c1)CCN2Cc1ccc(F)cc1)NC12CC3CC(CC(C3)C1)C2. The van der Waals surface area contributed by atoms with Gasteiger partial charge in [-0.25, -0.2) is 9.18 Å². The topological polar surface area (TPSA) is 44.4 Å². The molecule has 2 aromatic rings. The van der Waals surface area contributed by atoms with Crippen molar-refractivity contribution >= 4 is 17.4 Å². The smallest absolute Gasteiger partial charge is 0.319 e. The molecule has 2 N–H and O–H groups in total. The van der Waals surface area contributed by atoms with Crippen LogP contribution in [-0.2, 0) is 13.0 Å². The summed E-state index contributed by atoms with van der Waals surface area (Å²) in [5.74, 6) is 2.25. The number of hydrogen-bond donors (Lipinski definition) is 2. The van der Waals surface area contributed by atoms with Crippen LogP contribution in [0.3, 0.4) is 0 Å². The highest BCUT2D eigenvalue weighted by Gasteiger charge is 2.51. The van der Waals surface area contributed by atoms with Crippen LogP contribution in [0.4, 0.5) is 20.6 Å². The van der Waals surface area contributed by atoms with Crippen LogP contribution < -0.4 is 15.5 Å². The zero-order chi connectivity index (χ0) is 21.0. The summed E-state index contributed by atoms with van der Waals surface area (Å²) in [5.41, 5.74) is 4.46. The van der Waals surface area contributed by atoms with E-state index in [9.17, 15) is 9.18 Å². The van der Waals surface area contributed by atoms with Crippen LogP contribution in [0, 0.1) is 23.6 Å². The van der Waals surface area contributed by atoms with E-state index in [-0.39, 0.29) is 17.4 Å². The van der Waals surface area contributed by atoms with E-state index < -0.39 is 0 Å². The van der Waals surface area contributed by atoms with Crippen molar-refractivity contribution in [1.82, 2.24) is 5.32 Å². The number of nitrogens with zero attached hydrogens (tertiary/aromatic N) is 1. The van der Waals surface area contributed by atoms with Gasteiger partial charge < -0.3 is 15.5 Å². The second kappa shape index (κ2) is 7.25. The summed E-state index contributed by atoms with van der Waals surface area (Å²) >= 11 is 0. The number of anilines is 2. The van der Waals surface area contributed by atoms with Crippen LogP contribution in [-0.4, -0.2) is 18.1 Å². The molecule has 4 saturated carbocycles. The molecule has 4 fully saturated rings. The van der Waals surface area contributed by atoms with E-state index in [1.807, 2.05) is 18.2 Å². The largest absolute Gasteiger partial charge is 0.367 e. The van der Waals surface area contributed by atoms with Crippen molar-refractivity contribution < 1.29 is 9.18 Å². The summed E-state index contributed by atoms with van der Waals surface area (Å²) < 4.78 is 13.2. The molecule has 0 saturated heterocycles. The number of hydrogen-bond acceptors (Lipinski definition) is 2. The molecular formula is C26H30FN3O. The van der Waals surface area contributed by atoms with Crippen molar-refractivity contribution in [3.8, 4) is 0 Å². The molecule has 0 atom stereocenters. The maximum absolute atomic E-state index is 13.2. The van der Waals surface area contributed by atoms with Gasteiger partial charge in [0.2, 0.25) is 0 Å². The predicted octanol–water partition coefficient (Wildman–Crippen LogP) is 5.48. The minimum absolute atomic E-state index is 0.0293. The molecule has 0 radical (unpaired) electrons. The number of amides is 2. The van der Waals surface area contributed by atoms with Gasteiger partial charge >= 0.3 is 6.03 Å². The molecule has 0 spiro atoms. The van der Waals surface area contributed by atoms with Crippen LogP contribution in [0.1, 0.15) is 49.7 Å². The number of rotatable bonds is 4. The molecule has 2 amide bonds. The van der Waals surface area contributed by atoms with E-state index in [4.69, 9.17) is 0 Å². The summed E-state index contributed by atoms with van der Waals surface area (Å²) in [6.07, 6.45) is 8.58. The van der Waals surface area contributed by atoms with Crippen molar-refractivity contribution in [3.63, 3.8) is 0 Å². The Bertz CT molecular complexity index is 967. The number of urea groups is 1. The van der Waals surface area contributed by atoms with Crippen molar-refractivity contribution in [3.05, 3.63) is 59.4 Å². The predicted molar refractivity (Wildman–Crippen MR) is 121 cm³/mol. The van der Waals surface area contributed by atoms with Crippen LogP contribution in [0.5, 0.6) is 0 Å². The molecule has 4 bridgehead atoms. The van der Waals surface area contributed by atoms with Crippen LogP contribution in [0.25, 0.3) is 0 Å². The van der Waals surface area contributed by atoms with Gasteiger partial charge in [0.15, 0.2) is 0 Å². The molecule has 1 heterocycles. The third-order valence-corrected chi connectivity index (χ3v) is 8.03. The van der Waals surface area contributed by atoms with E-state index in [1.54, 1.807) is 0 Å². The quantitative estimate of drug-likeness (QED) is 0.689. The first-order chi connectivity index (χ1) is 15.0. The van der Waals surface area contributed by atoms with Gasteiger partial charge in [-0.3, -0.25) is 0 Å². The average molecular weight is 420 g/mol. The standard InChI is InChI=1S/C26H30FN3O/c27-22-3-1-17(2-4-22)16-30-8-7-21-12-23(5-6-24(21)30)28-25(31)29-26-13-18-9-19(14-26)11-20(10-18)15-26/h1-6,12,18-20H,7-11,13-16H2,(H2,28,29,31). The van der Waals surface area contributed by atoms with Gasteiger partial charge in [0.05, 0.1) is 0 Å². The Morgan fingerprint density at radius 1 is 1.00 bits per heavy atom. The van der Waals surface area contributed by atoms with Gasteiger partial charge in [-0.2, -0.15) is 0 Å². The summed E-state index contributed by atoms with van der Waals surface area (Å²) in [6.45, 7) is 1.71. The molecule has 0 unspecified atom stereocenters. The van der Waals surface area contributed by atoms with Crippen molar-refractivity contribution in [1.29, 1.82) is 0 Å². The molecule has 2 aromatic carbocycles. The van der Waals surface area contributed by atoms with Gasteiger partial charge in [0.25, 0.3) is 0 Å². The highest BCUT2D eigenvalue weighted by Crippen LogP contribution is 2.55. The van der Waals surface area contributed by atoms with Crippen molar-refractivity contribution in [2.45, 2.75) is 57.0 Å². The lowest BCUT2D eigenvalue weighted by atomic mass is 9.53. The third kappa shape index (κ3) is 3.68. The molecule has 4 nitrogen and oxygen atoms in total. The van der Waals surface area contributed by atoms with E-state index in [1.165, 1.54) is 42.6 Å². The molecule has 5 heteroatoms. The number of benzene rings is 2. The molecule has 1 aliphatic heterocycles. The van der Waals surface area contributed by atoms with Crippen molar-refractivity contribution in [2.24, 2.45) is 17.8 Å². The zero-order valence-corrected chi connectivity index (χ0v) is 17.9. The van der Waals surface area contributed by atoms with Gasteiger partial charge in [0, 0.05) is 30.0 Å². The number of nitrogens with one attached hydrogen (secondary N) is 2. The summed E-state index contributed by atoms with van der Waals surface area (Å²) in [4.78, 5) is 15.2. The minimum atomic E-state index is -0.201. The maximum atomic E-state index is 13.2. The lowest BCUT2D eigenvalue weighted by molar-refractivity contribution is -0.0127. The zero-order valence-electron chi connectivity index (χ0n) is 17.9. The second-order valence-electron chi connectivity index (χ2n) is 10.4. The molecule has 7 rings (SSSR count). The number of fused-ring (bicyclic) bond motifs is 1. The first-order valence-electron chi connectivity index (χ1n) is 11.8. The molecule has 5 aliphatic rings. The lowest BCUT2D eigenvalue weighted by Gasteiger charge is -2.56. The van der Waals surface area contributed by atoms with E-state index >= 15 is 0 Å². The number of carbonyl (C=O) groups is 1. The van der Waals surface area contributed by atoms with E-state index in [2.05, 4.69) is 27.7 Å². The molecule has 162 valence electrons. The van der Waals surface area contributed by atoms with E-state index in [0.717, 1.165) is 67.8 Å². The Hall–Kier alpha value is -2.56. The monoisotopic (exact) mass is 419 g/mol. The van der Waals surface area contributed by atoms with E-state index in [0.29, 0.717) is 0 Å². The van der Waals surface area contributed by atoms with Gasteiger partial charge in [0.1, 0.15) is 5.82 Å². The highest BCUT2D eigenvalue weighted by atomic mass is 19.1. The normalized spacial score (nSPS) is 30.4. The fourth-order valence-corrected chi connectivity index (χ4v) is 7.19. The van der Waals surface area contributed by atoms with Crippen LogP contribution >= 0.6 is 0 Å². The Labute approximate surface area is 183 Å². The van der Waals surface area contributed by atoms with Crippen molar-refractivity contribution in [2.75, 3.05) is 16.8 Å². The fraction of sp³-hybridized carbons (Fsp3) is 0.500. The molecular weight excluding hydrogens is 389 g/mol. The Morgan fingerprint density at radius 3 is 2.35 bits per heavy atom. The van der Waals surface area contributed by atoms with Crippen LogP contribution in [0.2, 0.25) is 0 Å². The first kappa shape index (κ1) is 19.1. The molecule has 0 aromatic heterocycles. The summed E-state index contributed by atoms with van der Waals surface area (Å²) in [7, 11) is 0. The molecule has 31 heavy (non-hydrogen) atoms. The Morgan fingerprint density at radius 2 is 1.68 bits per heavy atom. The van der Waals surface area contributed by atoms with Gasteiger partial charge in [-0.1, -0.05) is 12.1 Å². The van der Waals surface area contributed by atoms with Gasteiger partial charge in [-0.15, -0.1) is 0 Å². The maximum Gasteiger partial charge on any atom is 0.319 e. The first-order valence-corrected chi connectivity index (χ1v) is 11.8. The summed E-state index contributed by atoms with van der Waals surface area (Å²) in [5, 5.41) is 6.50. The second-order valence-corrected chi connectivity index (χ2v) is 10.4. The van der Waals surface area contributed by atoms with Gasteiger partial charge in [-0.05, 0) is 104 Å². The number of halogens is 1. The fourth-order valence-electron chi connectivity index (χ4n) is 7.19. The number of carbonyl (C=O) groups excluding carboxylic acids is 1. The molecule has 4 aliphatic carbocycles. The third-order valence-electron chi connectivity index (χ3n) is 8.03.